The van der Waals surface area contributed by atoms with Crippen molar-refractivity contribution in [2.24, 2.45) is 0 Å². The van der Waals surface area contributed by atoms with Gasteiger partial charge in [-0.3, -0.25) is 9.25 Å². The number of benzene rings is 1. The molecule has 1 fully saturated rings. The standard InChI is InChI=1S/C20H26N6O/c1-16-9-12-24(22-16)13-14-26-20(27)25(15-17-5-3-2-4-6-17)19(23-26)18-7-10-21-11-8-18/h2-6,9,12,18,21H,7-8,10-11,13-15H2,1H3. The largest absolute Gasteiger partial charge is 0.346 e. The van der Waals surface area contributed by atoms with Crippen LogP contribution in [0, 0.1) is 6.92 Å². The molecule has 0 atom stereocenters. The van der Waals surface area contributed by atoms with Crippen molar-refractivity contribution < 1.29 is 0 Å². The Kier molecular flexibility index (Phi) is 5.20. The van der Waals surface area contributed by atoms with Gasteiger partial charge in [-0.05, 0) is 44.5 Å². The van der Waals surface area contributed by atoms with Gasteiger partial charge in [0, 0.05) is 12.1 Å². The van der Waals surface area contributed by atoms with Gasteiger partial charge in [0.2, 0.25) is 0 Å². The second-order valence-electron chi connectivity index (χ2n) is 7.18. The number of aromatic nitrogens is 5. The van der Waals surface area contributed by atoms with Gasteiger partial charge in [0.1, 0.15) is 5.82 Å². The van der Waals surface area contributed by atoms with E-state index in [2.05, 4.69) is 22.5 Å². The summed E-state index contributed by atoms with van der Waals surface area (Å²) in [6.07, 6.45) is 3.97. The Morgan fingerprint density at radius 3 is 2.56 bits per heavy atom. The maximum Gasteiger partial charge on any atom is 0.346 e. The summed E-state index contributed by atoms with van der Waals surface area (Å²) >= 11 is 0. The van der Waals surface area contributed by atoms with E-state index < -0.39 is 0 Å². The molecule has 0 bridgehead atoms. The van der Waals surface area contributed by atoms with Crippen LogP contribution in [0.25, 0.3) is 0 Å². The first kappa shape index (κ1) is 17.7. The third-order valence-corrected chi connectivity index (χ3v) is 5.15. The lowest BCUT2D eigenvalue weighted by molar-refractivity contribution is 0.428. The molecule has 27 heavy (non-hydrogen) atoms. The zero-order valence-electron chi connectivity index (χ0n) is 15.7. The fourth-order valence-electron chi connectivity index (χ4n) is 3.69. The molecule has 0 unspecified atom stereocenters. The number of hydrogen-bond donors (Lipinski definition) is 1. The number of piperidine rings is 1. The molecule has 2 aromatic heterocycles. The maximum absolute atomic E-state index is 13.1. The Balaban J connectivity index is 1.62. The maximum atomic E-state index is 13.1. The van der Waals surface area contributed by atoms with E-state index in [1.54, 1.807) is 4.68 Å². The van der Waals surface area contributed by atoms with E-state index in [1.807, 2.05) is 46.6 Å². The summed E-state index contributed by atoms with van der Waals surface area (Å²) in [6, 6.07) is 12.1. The van der Waals surface area contributed by atoms with Crippen molar-refractivity contribution in [2.75, 3.05) is 13.1 Å². The van der Waals surface area contributed by atoms with E-state index in [0.29, 0.717) is 25.6 Å². The van der Waals surface area contributed by atoms with Crippen LogP contribution in [0.3, 0.4) is 0 Å². The monoisotopic (exact) mass is 366 g/mol. The molecule has 142 valence electrons. The lowest BCUT2D eigenvalue weighted by Gasteiger charge is -2.22. The van der Waals surface area contributed by atoms with E-state index in [1.165, 1.54) is 0 Å². The fraction of sp³-hybridized carbons (Fsp3) is 0.450. The molecule has 0 aliphatic carbocycles. The highest BCUT2D eigenvalue weighted by Gasteiger charge is 2.24. The molecule has 3 heterocycles. The van der Waals surface area contributed by atoms with Gasteiger partial charge in [0.25, 0.3) is 0 Å². The zero-order valence-corrected chi connectivity index (χ0v) is 15.7. The van der Waals surface area contributed by atoms with Crippen LogP contribution in [-0.4, -0.2) is 37.2 Å². The SMILES string of the molecule is Cc1ccn(CCn2nc(C3CCNCC3)n(Cc3ccccc3)c2=O)n1. The van der Waals surface area contributed by atoms with Crippen molar-refractivity contribution in [3.8, 4) is 0 Å². The topological polar surface area (TPSA) is 69.7 Å². The van der Waals surface area contributed by atoms with Gasteiger partial charge in [0.05, 0.1) is 25.3 Å². The van der Waals surface area contributed by atoms with E-state index in [9.17, 15) is 4.79 Å². The average molecular weight is 366 g/mol. The Bertz CT molecular complexity index is 933. The van der Waals surface area contributed by atoms with Crippen molar-refractivity contribution in [3.05, 3.63) is 70.2 Å². The molecule has 1 saturated heterocycles. The predicted molar refractivity (Wildman–Crippen MR) is 104 cm³/mol. The molecule has 3 aromatic rings. The Morgan fingerprint density at radius 2 is 1.85 bits per heavy atom. The van der Waals surface area contributed by atoms with Gasteiger partial charge in [0.15, 0.2) is 0 Å². The quantitative estimate of drug-likeness (QED) is 0.722. The summed E-state index contributed by atoms with van der Waals surface area (Å²) in [5.41, 5.74) is 2.07. The second kappa shape index (κ2) is 7.92. The molecule has 0 spiro atoms. The van der Waals surface area contributed by atoms with Gasteiger partial charge in [-0.2, -0.15) is 10.2 Å². The minimum absolute atomic E-state index is 0.0312. The molecule has 0 amide bonds. The fourth-order valence-corrected chi connectivity index (χ4v) is 3.69. The molecule has 1 aliphatic heterocycles. The average Bonchev–Trinajstić information content (AvgIpc) is 3.25. The minimum atomic E-state index is -0.0312. The normalized spacial score (nSPS) is 15.3. The molecular formula is C20H26N6O. The first-order valence-electron chi connectivity index (χ1n) is 9.63. The van der Waals surface area contributed by atoms with Gasteiger partial charge in [-0.15, -0.1) is 0 Å². The summed E-state index contributed by atoms with van der Waals surface area (Å²) < 4.78 is 5.33. The van der Waals surface area contributed by atoms with Crippen molar-refractivity contribution in [1.82, 2.24) is 29.4 Å². The van der Waals surface area contributed by atoms with Gasteiger partial charge in [-0.1, -0.05) is 30.3 Å². The summed E-state index contributed by atoms with van der Waals surface area (Å²) in [5.74, 6) is 1.25. The highest BCUT2D eigenvalue weighted by atomic mass is 16.2. The highest BCUT2D eigenvalue weighted by molar-refractivity contribution is 5.16. The van der Waals surface area contributed by atoms with Crippen LogP contribution in [0.1, 0.15) is 35.8 Å². The number of nitrogens with one attached hydrogen (secondary N) is 1. The summed E-state index contributed by atoms with van der Waals surface area (Å²) in [6.45, 7) is 5.65. The second-order valence-corrected chi connectivity index (χ2v) is 7.18. The van der Waals surface area contributed by atoms with Crippen molar-refractivity contribution in [2.45, 2.75) is 45.3 Å². The van der Waals surface area contributed by atoms with Crippen LogP contribution in [0.15, 0.2) is 47.4 Å². The van der Waals surface area contributed by atoms with Gasteiger partial charge < -0.3 is 5.32 Å². The molecule has 0 saturated carbocycles. The number of aryl methyl sites for hydroxylation is 3. The van der Waals surface area contributed by atoms with Crippen LogP contribution in [0.2, 0.25) is 0 Å². The summed E-state index contributed by atoms with van der Waals surface area (Å²) in [4.78, 5) is 13.1. The Hall–Kier alpha value is -2.67. The summed E-state index contributed by atoms with van der Waals surface area (Å²) in [7, 11) is 0. The van der Waals surface area contributed by atoms with Gasteiger partial charge >= 0.3 is 5.69 Å². The van der Waals surface area contributed by atoms with Crippen LogP contribution in [0.4, 0.5) is 0 Å². The smallest absolute Gasteiger partial charge is 0.317 e. The molecule has 7 nitrogen and oxygen atoms in total. The molecule has 1 aliphatic rings. The molecule has 1 aromatic carbocycles. The molecule has 0 radical (unpaired) electrons. The van der Waals surface area contributed by atoms with Crippen LogP contribution in [-0.2, 0) is 19.6 Å². The molecule has 4 rings (SSSR count). The Morgan fingerprint density at radius 1 is 1.07 bits per heavy atom. The molecule has 1 N–H and O–H groups in total. The number of nitrogens with zero attached hydrogens (tertiary/aromatic N) is 5. The lowest BCUT2D eigenvalue weighted by atomic mass is 9.97. The number of rotatable bonds is 6. The third kappa shape index (κ3) is 4.03. The zero-order chi connectivity index (χ0) is 18.6. The van der Waals surface area contributed by atoms with E-state index >= 15 is 0 Å². The van der Waals surface area contributed by atoms with Gasteiger partial charge in [-0.25, -0.2) is 9.48 Å². The van der Waals surface area contributed by atoms with E-state index in [0.717, 1.165) is 43.0 Å². The minimum Gasteiger partial charge on any atom is -0.317 e. The molecular weight excluding hydrogens is 340 g/mol. The summed E-state index contributed by atoms with van der Waals surface area (Å²) in [5, 5.41) is 12.5. The van der Waals surface area contributed by atoms with Crippen LogP contribution < -0.4 is 11.0 Å². The predicted octanol–water partition coefficient (Wildman–Crippen LogP) is 1.77. The highest BCUT2D eigenvalue weighted by Crippen LogP contribution is 2.23. The van der Waals surface area contributed by atoms with Crippen molar-refractivity contribution in [1.29, 1.82) is 0 Å². The lowest BCUT2D eigenvalue weighted by Crippen LogP contribution is -2.30. The van der Waals surface area contributed by atoms with Crippen LogP contribution >= 0.6 is 0 Å². The first-order valence-corrected chi connectivity index (χ1v) is 9.63. The number of hydrogen-bond acceptors (Lipinski definition) is 4. The molecule has 7 heteroatoms. The van der Waals surface area contributed by atoms with Crippen molar-refractivity contribution in [3.63, 3.8) is 0 Å². The first-order chi connectivity index (χ1) is 13.2. The van der Waals surface area contributed by atoms with Crippen molar-refractivity contribution >= 4 is 0 Å². The van der Waals surface area contributed by atoms with E-state index in [4.69, 9.17) is 5.10 Å². The third-order valence-electron chi connectivity index (χ3n) is 5.15. The Labute approximate surface area is 158 Å². The van der Waals surface area contributed by atoms with Crippen LogP contribution in [0.5, 0.6) is 0 Å². The van der Waals surface area contributed by atoms with E-state index in [-0.39, 0.29) is 5.69 Å².